The second kappa shape index (κ2) is 14.2. The molecule has 11 nitrogen and oxygen atoms in total. The van der Waals surface area contributed by atoms with Gasteiger partial charge in [-0.1, -0.05) is 13.0 Å². The Bertz CT molecular complexity index is 1870. The average Bonchev–Trinajstić information content (AvgIpc) is 3.48. The molecule has 0 spiro atoms. The minimum atomic E-state index is -1.33. The molecular formula is C34H42FN7O4. The fraction of sp³-hybridized carbons (Fsp3) is 0.412. The number of carboxylic acid groups (broad SMARTS) is 1. The molecule has 1 saturated heterocycles. The van der Waals surface area contributed by atoms with Crippen LogP contribution in [0.5, 0.6) is 0 Å². The minimum Gasteiger partial charge on any atom is -0.477 e. The molecule has 5 N–H and O–H groups in total. The number of aryl methyl sites for hydroxylation is 3. The highest BCUT2D eigenvalue weighted by Crippen LogP contribution is 2.24. The van der Waals surface area contributed by atoms with E-state index >= 15 is 0 Å². The van der Waals surface area contributed by atoms with Crippen LogP contribution >= 0.6 is 0 Å². The normalized spacial score (nSPS) is 15.0. The molecule has 0 bridgehead atoms. The highest BCUT2D eigenvalue weighted by molar-refractivity contribution is 5.93. The van der Waals surface area contributed by atoms with E-state index in [1.165, 1.54) is 28.0 Å². The van der Waals surface area contributed by atoms with Crippen LogP contribution in [-0.2, 0) is 19.5 Å². The van der Waals surface area contributed by atoms with Crippen molar-refractivity contribution in [2.45, 2.75) is 59.5 Å². The zero-order valence-electron chi connectivity index (χ0n) is 26.6. The van der Waals surface area contributed by atoms with Crippen molar-refractivity contribution in [1.29, 1.82) is 0 Å². The molecule has 4 aromatic rings. The summed E-state index contributed by atoms with van der Waals surface area (Å²) >= 11 is 0. The van der Waals surface area contributed by atoms with E-state index < -0.39 is 17.2 Å². The first-order valence-corrected chi connectivity index (χ1v) is 15.9. The Labute approximate surface area is 266 Å². The van der Waals surface area contributed by atoms with Crippen molar-refractivity contribution in [1.82, 2.24) is 19.0 Å². The van der Waals surface area contributed by atoms with Crippen molar-refractivity contribution >= 4 is 40.0 Å². The number of carbonyl (C=O) groups is 1. The molecule has 1 fully saturated rings. The number of nitrogens with one attached hydrogen (secondary N) is 2. The van der Waals surface area contributed by atoms with Gasteiger partial charge in [-0.15, -0.1) is 0 Å². The van der Waals surface area contributed by atoms with E-state index in [0.29, 0.717) is 36.9 Å². The largest absolute Gasteiger partial charge is 0.477 e. The number of hydrogen-bond donors (Lipinski definition) is 4. The second-order valence-electron chi connectivity index (χ2n) is 12.0. The summed E-state index contributed by atoms with van der Waals surface area (Å²) in [5.74, 6) is -0.981. The Morgan fingerprint density at radius 3 is 2.63 bits per heavy atom. The average molecular weight is 632 g/mol. The van der Waals surface area contributed by atoms with Gasteiger partial charge in [0.15, 0.2) is 0 Å². The number of fused-ring (bicyclic) bond motifs is 1. The summed E-state index contributed by atoms with van der Waals surface area (Å²) < 4.78 is 18.1. The Morgan fingerprint density at radius 1 is 1.13 bits per heavy atom. The van der Waals surface area contributed by atoms with E-state index in [4.69, 9.17) is 5.73 Å². The molecule has 1 atom stereocenters. The van der Waals surface area contributed by atoms with Crippen LogP contribution in [-0.4, -0.2) is 56.3 Å². The lowest BCUT2D eigenvalue weighted by Crippen LogP contribution is -2.26. The second-order valence-corrected chi connectivity index (χ2v) is 12.0. The number of aromatic nitrogens is 3. The number of nitrogen functional groups attached to an aromatic ring is 1. The van der Waals surface area contributed by atoms with Crippen molar-refractivity contribution in [3.05, 3.63) is 85.7 Å². The quantitative estimate of drug-likeness (QED) is 0.152. The van der Waals surface area contributed by atoms with Crippen LogP contribution in [0.25, 0.3) is 10.9 Å². The van der Waals surface area contributed by atoms with E-state index in [1.807, 2.05) is 19.1 Å². The van der Waals surface area contributed by atoms with Gasteiger partial charge in [0.1, 0.15) is 17.2 Å². The lowest BCUT2D eigenvalue weighted by atomic mass is 10.1. The number of likely N-dealkylation sites (tertiary alicyclic amines) is 1. The van der Waals surface area contributed by atoms with Gasteiger partial charge in [-0.3, -0.25) is 14.2 Å². The summed E-state index contributed by atoms with van der Waals surface area (Å²) in [4.78, 5) is 43.7. The van der Waals surface area contributed by atoms with Gasteiger partial charge in [0.05, 0.1) is 11.2 Å². The molecule has 2 aromatic carbocycles. The van der Waals surface area contributed by atoms with Gasteiger partial charge in [0, 0.05) is 49.5 Å². The first kappa shape index (κ1) is 32.7. The number of benzene rings is 2. The van der Waals surface area contributed by atoms with Crippen molar-refractivity contribution in [3.63, 3.8) is 0 Å². The van der Waals surface area contributed by atoms with Crippen LogP contribution in [0.4, 0.5) is 27.5 Å². The van der Waals surface area contributed by atoms with E-state index in [1.54, 1.807) is 10.6 Å². The SMILES string of the molecule is CCc1cc(Nc2cc(=O)n(CCCCN3CCC(CNc4cc5c(cc4F)c(=O)c(C(=O)O)cn5CC)C3)c(N)n2)ccc1C. The Hall–Kier alpha value is -4.71. The summed E-state index contributed by atoms with van der Waals surface area (Å²) in [6.07, 6.45) is 4.87. The maximum atomic E-state index is 15.0. The number of carboxylic acids is 1. The molecule has 0 saturated carbocycles. The third kappa shape index (κ3) is 7.23. The smallest absolute Gasteiger partial charge is 0.341 e. The number of anilines is 4. The molecule has 1 aliphatic heterocycles. The van der Waals surface area contributed by atoms with Gasteiger partial charge in [0.2, 0.25) is 11.4 Å². The van der Waals surface area contributed by atoms with Gasteiger partial charge >= 0.3 is 5.97 Å². The maximum Gasteiger partial charge on any atom is 0.341 e. The molecule has 3 heterocycles. The van der Waals surface area contributed by atoms with Gasteiger partial charge < -0.3 is 30.9 Å². The molecule has 244 valence electrons. The van der Waals surface area contributed by atoms with E-state index in [-0.39, 0.29) is 28.1 Å². The summed E-state index contributed by atoms with van der Waals surface area (Å²) in [5.41, 5.74) is 9.02. The third-order valence-corrected chi connectivity index (χ3v) is 8.84. The highest BCUT2D eigenvalue weighted by Gasteiger charge is 2.23. The molecule has 1 unspecified atom stereocenters. The number of nitrogens with two attached hydrogens (primary N) is 1. The fourth-order valence-corrected chi connectivity index (χ4v) is 6.19. The molecule has 5 rings (SSSR count). The molecule has 0 aliphatic carbocycles. The Kier molecular flexibility index (Phi) is 10.1. The van der Waals surface area contributed by atoms with E-state index in [9.17, 15) is 23.9 Å². The summed E-state index contributed by atoms with van der Waals surface area (Å²) in [7, 11) is 0. The number of aromatic carboxylic acids is 1. The number of halogens is 1. The lowest BCUT2D eigenvalue weighted by Gasteiger charge is -2.18. The number of pyridine rings is 1. The van der Waals surface area contributed by atoms with Crippen molar-refractivity contribution in [2.75, 3.05) is 42.5 Å². The lowest BCUT2D eigenvalue weighted by molar-refractivity contribution is 0.0695. The van der Waals surface area contributed by atoms with Crippen LogP contribution in [0.3, 0.4) is 0 Å². The van der Waals surface area contributed by atoms with Crippen LogP contribution in [0, 0.1) is 18.7 Å². The molecule has 0 radical (unpaired) electrons. The summed E-state index contributed by atoms with van der Waals surface area (Å²) in [6, 6.07) is 10.3. The predicted octanol–water partition coefficient (Wildman–Crippen LogP) is 4.83. The van der Waals surface area contributed by atoms with Gasteiger partial charge in [0.25, 0.3) is 5.56 Å². The van der Waals surface area contributed by atoms with Crippen LogP contribution in [0.2, 0.25) is 0 Å². The Balaban J connectivity index is 1.11. The standard InChI is InChI=1S/C34H42FN7O4/c1-4-23-14-24(9-8-21(23)3)38-30-17-31(43)42(34(36)39-30)12-7-6-11-40-13-10-22(19-40)18-37-28-16-29-25(15-27(28)35)32(44)26(33(45)46)20-41(29)5-2/h8-9,14-17,20,22,37-38H,4-7,10-13,18-19H2,1-3H3,(H2,36,39)(H,45,46). The number of rotatable bonds is 13. The van der Waals surface area contributed by atoms with Gasteiger partial charge in [-0.2, -0.15) is 4.98 Å². The number of hydrogen-bond acceptors (Lipinski definition) is 8. The van der Waals surface area contributed by atoms with Gasteiger partial charge in [-0.25, -0.2) is 9.18 Å². The molecule has 2 aromatic heterocycles. The third-order valence-electron chi connectivity index (χ3n) is 8.84. The molecule has 0 amide bonds. The van der Waals surface area contributed by atoms with Crippen LogP contribution in [0.15, 0.2) is 52.2 Å². The van der Waals surface area contributed by atoms with Crippen molar-refractivity contribution in [3.8, 4) is 0 Å². The van der Waals surface area contributed by atoms with Crippen LogP contribution < -0.4 is 27.4 Å². The minimum absolute atomic E-state index is 0.0528. The zero-order chi connectivity index (χ0) is 33.0. The number of nitrogens with zero attached hydrogens (tertiary/aromatic N) is 4. The Morgan fingerprint density at radius 2 is 1.91 bits per heavy atom. The first-order valence-electron chi connectivity index (χ1n) is 15.9. The maximum absolute atomic E-state index is 15.0. The first-order chi connectivity index (χ1) is 22.1. The van der Waals surface area contributed by atoms with Crippen molar-refractivity contribution in [2.24, 2.45) is 5.92 Å². The topological polar surface area (TPSA) is 148 Å². The van der Waals surface area contributed by atoms with Crippen LogP contribution in [0.1, 0.15) is 54.6 Å². The van der Waals surface area contributed by atoms with Crippen molar-refractivity contribution < 1.29 is 14.3 Å². The monoisotopic (exact) mass is 631 g/mol. The highest BCUT2D eigenvalue weighted by atomic mass is 19.1. The van der Waals surface area contributed by atoms with E-state index in [0.717, 1.165) is 57.1 Å². The summed E-state index contributed by atoms with van der Waals surface area (Å²) in [6.45, 7) is 10.2. The summed E-state index contributed by atoms with van der Waals surface area (Å²) in [5, 5.41) is 15.8. The molecular weight excluding hydrogens is 589 g/mol. The molecule has 1 aliphatic rings. The fourth-order valence-electron chi connectivity index (χ4n) is 6.19. The molecule has 46 heavy (non-hydrogen) atoms. The number of unbranched alkanes of at least 4 members (excludes halogenated alkanes) is 1. The van der Waals surface area contributed by atoms with Gasteiger partial charge in [-0.05, 0) is 93.9 Å². The predicted molar refractivity (Wildman–Crippen MR) is 180 cm³/mol. The van der Waals surface area contributed by atoms with E-state index in [2.05, 4.69) is 40.4 Å². The molecule has 12 heteroatoms. The zero-order valence-corrected chi connectivity index (χ0v) is 26.6.